The van der Waals surface area contributed by atoms with Crippen LogP contribution in [0.5, 0.6) is 5.75 Å². The molecule has 0 saturated heterocycles. The van der Waals surface area contributed by atoms with Gasteiger partial charge >= 0.3 is 0 Å². The van der Waals surface area contributed by atoms with Crippen LogP contribution in [0.1, 0.15) is 6.92 Å². The summed E-state index contributed by atoms with van der Waals surface area (Å²) < 4.78 is 32.4. The van der Waals surface area contributed by atoms with Crippen molar-refractivity contribution < 1.29 is 23.1 Å². The highest BCUT2D eigenvalue weighted by atomic mass is 32.1. The number of aromatic nitrogens is 1. The maximum atomic E-state index is 13.9. The largest absolute Gasteiger partial charge is 0.497 e. The number of amides is 2. The fourth-order valence-electron chi connectivity index (χ4n) is 2.87. The Hall–Kier alpha value is -3.37. The van der Waals surface area contributed by atoms with Gasteiger partial charge < -0.3 is 15.4 Å². The zero-order chi connectivity index (χ0) is 23.1. The first kappa shape index (κ1) is 23.3. The first-order chi connectivity index (χ1) is 15.4. The third-order valence-electron chi connectivity index (χ3n) is 4.51. The maximum absolute atomic E-state index is 13.9. The maximum Gasteiger partial charge on any atom is 0.240 e. The van der Waals surface area contributed by atoms with Crippen LogP contribution in [0.25, 0.3) is 11.3 Å². The molecule has 0 atom stereocenters. The Kier molecular flexibility index (Phi) is 7.85. The van der Waals surface area contributed by atoms with Crippen molar-refractivity contribution in [2.75, 3.05) is 37.4 Å². The summed E-state index contributed by atoms with van der Waals surface area (Å²) in [4.78, 5) is 30.5. The van der Waals surface area contributed by atoms with Gasteiger partial charge in [0.25, 0.3) is 0 Å². The lowest BCUT2D eigenvalue weighted by atomic mass is 10.1. The van der Waals surface area contributed by atoms with Crippen LogP contribution in [0.15, 0.2) is 47.8 Å². The van der Waals surface area contributed by atoms with E-state index < -0.39 is 11.6 Å². The molecule has 0 aliphatic carbocycles. The summed E-state index contributed by atoms with van der Waals surface area (Å²) in [6.45, 7) is 2.30. The van der Waals surface area contributed by atoms with E-state index in [1.807, 2.05) is 6.92 Å². The minimum Gasteiger partial charge on any atom is -0.497 e. The SMILES string of the molecule is CCN(CC(=O)Nc1ccc(OC)cc1)CC(=O)Nc1nc(-c2cc(F)ccc2F)cs1. The number of ether oxygens (including phenoxy) is 1. The Morgan fingerprint density at radius 2 is 1.75 bits per heavy atom. The van der Waals surface area contributed by atoms with E-state index >= 15 is 0 Å². The monoisotopic (exact) mass is 460 g/mol. The lowest BCUT2D eigenvalue weighted by Gasteiger charge is -2.19. The van der Waals surface area contributed by atoms with E-state index in [9.17, 15) is 18.4 Å². The first-order valence-corrected chi connectivity index (χ1v) is 10.6. The molecule has 32 heavy (non-hydrogen) atoms. The van der Waals surface area contributed by atoms with Gasteiger partial charge in [0.2, 0.25) is 11.8 Å². The Bertz CT molecular complexity index is 1090. The van der Waals surface area contributed by atoms with Gasteiger partial charge in [0, 0.05) is 16.6 Å². The molecule has 1 heterocycles. The van der Waals surface area contributed by atoms with Gasteiger partial charge in [-0.1, -0.05) is 6.92 Å². The molecule has 0 aliphatic rings. The summed E-state index contributed by atoms with van der Waals surface area (Å²) in [5.41, 5.74) is 0.872. The molecule has 0 bridgehead atoms. The number of thiazole rings is 1. The van der Waals surface area contributed by atoms with E-state index in [0.717, 1.165) is 29.5 Å². The van der Waals surface area contributed by atoms with Crippen molar-refractivity contribution in [3.8, 4) is 17.0 Å². The highest BCUT2D eigenvalue weighted by Gasteiger charge is 2.16. The van der Waals surface area contributed by atoms with E-state index in [4.69, 9.17) is 4.74 Å². The van der Waals surface area contributed by atoms with Gasteiger partial charge in [-0.2, -0.15) is 0 Å². The second kappa shape index (κ2) is 10.8. The number of anilines is 2. The van der Waals surface area contributed by atoms with Gasteiger partial charge in [-0.3, -0.25) is 14.5 Å². The third kappa shape index (κ3) is 6.32. The molecule has 0 spiro atoms. The van der Waals surface area contributed by atoms with Crippen LogP contribution in [0.2, 0.25) is 0 Å². The van der Waals surface area contributed by atoms with Gasteiger partial charge in [-0.05, 0) is 49.0 Å². The van der Waals surface area contributed by atoms with Crippen LogP contribution in [0, 0.1) is 11.6 Å². The second-order valence-corrected chi connectivity index (χ2v) is 7.65. The van der Waals surface area contributed by atoms with Crippen molar-refractivity contribution in [1.82, 2.24) is 9.88 Å². The van der Waals surface area contributed by atoms with Crippen LogP contribution in [0.4, 0.5) is 19.6 Å². The minimum absolute atomic E-state index is 0.0205. The van der Waals surface area contributed by atoms with Crippen molar-refractivity contribution >= 4 is 34.0 Å². The molecule has 7 nitrogen and oxygen atoms in total. The number of carbonyl (C=O) groups is 2. The molecule has 2 N–H and O–H groups in total. The number of rotatable bonds is 9. The molecule has 0 fully saturated rings. The predicted molar refractivity (Wildman–Crippen MR) is 120 cm³/mol. The van der Waals surface area contributed by atoms with E-state index in [1.165, 1.54) is 5.38 Å². The highest BCUT2D eigenvalue weighted by Crippen LogP contribution is 2.27. The molecule has 0 radical (unpaired) electrons. The number of hydrogen-bond acceptors (Lipinski definition) is 6. The number of hydrogen-bond donors (Lipinski definition) is 2. The summed E-state index contributed by atoms with van der Waals surface area (Å²) in [5, 5.41) is 7.19. The summed E-state index contributed by atoms with van der Waals surface area (Å²) in [6.07, 6.45) is 0. The van der Waals surface area contributed by atoms with Gasteiger partial charge in [-0.15, -0.1) is 11.3 Å². The highest BCUT2D eigenvalue weighted by molar-refractivity contribution is 7.14. The summed E-state index contributed by atoms with van der Waals surface area (Å²) >= 11 is 1.10. The fourth-order valence-corrected chi connectivity index (χ4v) is 3.59. The lowest BCUT2D eigenvalue weighted by Crippen LogP contribution is -2.38. The van der Waals surface area contributed by atoms with Gasteiger partial charge in [0.1, 0.15) is 17.4 Å². The van der Waals surface area contributed by atoms with Gasteiger partial charge in [0.05, 0.1) is 25.9 Å². The zero-order valence-electron chi connectivity index (χ0n) is 17.5. The molecule has 0 aliphatic heterocycles. The number of methoxy groups -OCH3 is 1. The molecule has 3 aromatic rings. The van der Waals surface area contributed by atoms with Crippen molar-refractivity contribution in [1.29, 1.82) is 0 Å². The lowest BCUT2D eigenvalue weighted by molar-refractivity contribution is -0.119. The average molecular weight is 461 g/mol. The van der Waals surface area contributed by atoms with Crippen LogP contribution in [-0.4, -0.2) is 48.4 Å². The second-order valence-electron chi connectivity index (χ2n) is 6.79. The number of likely N-dealkylation sites (N-methyl/N-ethyl adjacent to an activating group) is 1. The van der Waals surface area contributed by atoms with E-state index in [0.29, 0.717) is 18.0 Å². The van der Waals surface area contributed by atoms with Crippen LogP contribution in [-0.2, 0) is 9.59 Å². The summed E-state index contributed by atoms with van der Waals surface area (Å²) in [6, 6.07) is 10.0. The third-order valence-corrected chi connectivity index (χ3v) is 5.27. The molecule has 0 unspecified atom stereocenters. The number of benzene rings is 2. The number of nitrogens with one attached hydrogen (secondary N) is 2. The minimum atomic E-state index is -0.602. The molecule has 0 saturated carbocycles. The fraction of sp³-hybridized carbons (Fsp3) is 0.227. The van der Waals surface area contributed by atoms with Crippen LogP contribution >= 0.6 is 11.3 Å². The summed E-state index contributed by atoms with van der Waals surface area (Å²) in [5.74, 6) is -1.13. The Balaban J connectivity index is 1.54. The first-order valence-electron chi connectivity index (χ1n) is 9.75. The molecule has 2 amide bonds. The predicted octanol–water partition coefficient (Wildman–Crippen LogP) is 4.00. The topological polar surface area (TPSA) is 83.6 Å². The smallest absolute Gasteiger partial charge is 0.240 e. The number of nitrogens with zero attached hydrogens (tertiary/aromatic N) is 2. The standard InChI is InChI=1S/C22H22F2N4O3S/c1-3-28(11-20(29)25-15-5-7-16(31-2)8-6-15)12-21(30)27-22-26-19(13-32-22)17-10-14(23)4-9-18(17)24/h4-10,13H,3,11-12H2,1-2H3,(H,25,29)(H,26,27,30). The van der Waals surface area contributed by atoms with Crippen molar-refractivity contribution in [3.63, 3.8) is 0 Å². The van der Waals surface area contributed by atoms with Gasteiger partial charge in [-0.25, -0.2) is 13.8 Å². The van der Waals surface area contributed by atoms with Crippen molar-refractivity contribution in [2.45, 2.75) is 6.92 Å². The Labute approximate surface area is 188 Å². The summed E-state index contributed by atoms with van der Waals surface area (Å²) in [7, 11) is 1.56. The molecular formula is C22H22F2N4O3S. The number of halogens is 2. The quantitative estimate of drug-likeness (QED) is 0.504. The molecule has 10 heteroatoms. The molecule has 2 aromatic carbocycles. The molecular weight excluding hydrogens is 438 g/mol. The van der Waals surface area contributed by atoms with Gasteiger partial charge in [0.15, 0.2) is 5.13 Å². The van der Waals surface area contributed by atoms with E-state index in [2.05, 4.69) is 15.6 Å². The van der Waals surface area contributed by atoms with Crippen LogP contribution < -0.4 is 15.4 Å². The van der Waals surface area contributed by atoms with Crippen molar-refractivity contribution in [3.05, 3.63) is 59.5 Å². The molecule has 168 valence electrons. The van der Waals surface area contributed by atoms with E-state index in [1.54, 1.807) is 36.3 Å². The molecule has 3 rings (SSSR count). The average Bonchev–Trinajstić information content (AvgIpc) is 3.23. The molecule has 1 aromatic heterocycles. The Morgan fingerprint density at radius 3 is 2.41 bits per heavy atom. The number of carbonyl (C=O) groups excluding carboxylic acids is 2. The van der Waals surface area contributed by atoms with Crippen molar-refractivity contribution in [2.24, 2.45) is 0 Å². The Morgan fingerprint density at radius 1 is 1.06 bits per heavy atom. The normalized spacial score (nSPS) is 10.8. The van der Waals surface area contributed by atoms with Crippen LogP contribution in [0.3, 0.4) is 0 Å². The zero-order valence-corrected chi connectivity index (χ0v) is 18.3. The van der Waals surface area contributed by atoms with E-state index in [-0.39, 0.29) is 41.3 Å².